The zero-order chi connectivity index (χ0) is 15.1. The molecule has 1 N–H and O–H groups in total. The van der Waals surface area contributed by atoms with Crippen molar-refractivity contribution in [2.24, 2.45) is 0 Å². The molecule has 2 fully saturated rings. The molecule has 1 aliphatic carbocycles. The second-order valence-electron chi connectivity index (χ2n) is 5.42. The Labute approximate surface area is 129 Å². The predicted octanol–water partition coefficient (Wildman–Crippen LogP) is 0.419. The van der Waals surface area contributed by atoms with Gasteiger partial charge in [-0.1, -0.05) is 0 Å². The molecule has 1 aromatic rings. The topological polar surface area (TPSA) is 83.6 Å². The van der Waals surface area contributed by atoms with E-state index in [2.05, 4.69) is 5.32 Å². The molecular weight excluding hydrogens is 332 g/mol. The van der Waals surface area contributed by atoms with E-state index < -0.39 is 19.9 Å². The number of hydrogen-bond donors (Lipinski definition) is 1. The maximum Gasteiger partial charge on any atom is 0.244 e. The largest absolute Gasteiger partial charge is 0.309 e. The Morgan fingerprint density at radius 1 is 1.29 bits per heavy atom. The molecule has 2 aliphatic rings. The molecule has 0 amide bonds. The van der Waals surface area contributed by atoms with Crippen LogP contribution in [0.1, 0.15) is 17.7 Å². The molecule has 1 saturated carbocycles. The Hall–Kier alpha value is -0.480. The van der Waals surface area contributed by atoms with Gasteiger partial charge in [0.2, 0.25) is 10.0 Å². The van der Waals surface area contributed by atoms with Gasteiger partial charge in [-0.3, -0.25) is 0 Å². The SMILES string of the molecule is O=S1(=O)CCN(S(=O)(=O)c2ccsc2CNC2CC2)CC1. The third kappa shape index (κ3) is 3.48. The fourth-order valence-corrected chi connectivity index (χ4v) is 6.53. The van der Waals surface area contributed by atoms with Crippen LogP contribution in [0, 0.1) is 0 Å². The van der Waals surface area contributed by atoms with Crippen molar-refractivity contribution in [3.8, 4) is 0 Å². The van der Waals surface area contributed by atoms with E-state index in [1.165, 1.54) is 15.6 Å². The van der Waals surface area contributed by atoms with Gasteiger partial charge in [0.25, 0.3) is 0 Å². The number of nitrogens with one attached hydrogen (secondary N) is 1. The quantitative estimate of drug-likeness (QED) is 0.832. The lowest BCUT2D eigenvalue weighted by atomic mass is 10.4. The van der Waals surface area contributed by atoms with Crippen LogP contribution in [0.15, 0.2) is 16.3 Å². The summed E-state index contributed by atoms with van der Waals surface area (Å²) in [5.74, 6) is -0.182. The lowest BCUT2D eigenvalue weighted by Gasteiger charge is -2.26. The third-order valence-electron chi connectivity index (χ3n) is 3.75. The van der Waals surface area contributed by atoms with Gasteiger partial charge in [-0.05, 0) is 24.3 Å². The molecule has 0 spiro atoms. The van der Waals surface area contributed by atoms with E-state index in [1.54, 1.807) is 11.4 Å². The zero-order valence-corrected chi connectivity index (χ0v) is 13.9. The van der Waals surface area contributed by atoms with Crippen LogP contribution in [0.2, 0.25) is 0 Å². The van der Waals surface area contributed by atoms with Gasteiger partial charge in [0.05, 0.1) is 16.4 Å². The molecule has 0 unspecified atom stereocenters. The minimum atomic E-state index is -3.59. The first-order chi connectivity index (χ1) is 9.88. The third-order valence-corrected chi connectivity index (χ3v) is 8.40. The van der Waals surface area contributed by atoms with E-state index in [1.807, 2.05) is 0 Å². The van der Waals surface area contributed by atoms with Crippen LogP contribution in [0.25, 0.3) is 0 Å². The summed E-state index contributed by atoms with van der Waals surface area (Å²) >= 11 is 1.42. The van der Waals surface area contributed by atoms with Crippen molar-refractivity contribution in [3.05, 3.63) is 16.3 Å². The molecule has 0 radical (unpaired) electrons. The Bertz CT molecular complexity index is 705. The van der Waals surface area contributed by atoms with Gasteiger partial charge in [0.1, 0.15) is 0 Å². The number of nitrogens with zero attached hydrogens (tertiary/aromatic N) is 1. The molecule has 118 valence electrons. The molecule has 9 heteroatoms. The minimum absolute atomic E-state index is 0.0516. The van der Waals surface area contributed by atoms with E-state index in [-0.39, 0.29) is 24.6 Å². The van der Waals surface area contributed by atoms with Crippen LogP contribution >= 0.6 is 11.3 Å². The van der Waals surface area contributed by atoms with Gasteiger partial charge >= 0.3 is 0 Å². The summed E-state index contributed by atoms with van der Waals surface area (Å²) in [6, 6.07) is 2.13. The van der Waals surface area contributed by atoms with Gasteiger partial charge in [-0.15, -0.1) is 11.3 Å². The van der Waals surface area contributed by atoms with Crippen molar-refractivity contribution in [1.29, 1.82) is 0 Å². The number of thiophene rings is 1. The summed E-state index contributed by atoms with van der Waals surface area (Å²) in [6.45, 7) is 0.662. The summed E-state index contributed by atoms with van der Waals surface area (Å²) in [5, 5.41) is 5.09. The average Bonchev–Trinajstić information content (AvgIpc) is 3.12. The van der Waals surface area contributed by atoms with Gasteiger partial charge in [0.15, 0.2) is 9.84 Å². The second kappa shape index (κ2) is 5.62. The highest BCUT2D eigenvalue weighted by Crippen LogP contribution is 2.27. The predicted molar refractivity (Wildman–Crippen MR) is 81.6 cm³/mol. The molecule has 0 bridgehead atoms. The maximum atomic E-state index is 12.7. The highest BCUT2D eigenvalue weighted by atomic mass is 32.2. The highest BCUT2D eigenvalue weighted by molar-refractivity contribution is 7.92. The lowest BCUT2D eigenvalue weighted by Crippen LogP contribution is -2.43. The second-order valence-corrected chi connectivity index (χ2v) is 10.6. The Kier molecular flexibility index (Phi) is 4.12. The van der Waals surface area contributed by atoms with Crippen molar-refractivity contribution < 1.29 is 16.8 Å². The first kappa shape index (κ1) is 15.4. The first-order valence-corrected chi connectivity index (χ1v) is 11.0. The monoisotopic (exact) mass is 350 g/mol. The zero-order valence-electron chi connectivity index (χ0n) is 11.5. The van der Waals surface area contributed by atoms with E-state index in [9.17, 15) is 16.8 Å². The average molecular weight is 350 g/mol. The Morgan fingerprint density at radius 2 is 1.95 bits per heavy atom. The van der Waals surface area contributed by atoms with Crippen molar-refractivity contribution in [1.82, 2.24) is 9.62 Å². The molecule has 0 atom stereocenters. The molecule has 0 aromatic carbocycles. The fourth-order valence-electron chi connectivity index (χ4n) is 2.29. The molecular formula is C12H18N2O4S3. The molecule has 1 aliphatic heterocycles. The van der Waals surface area contributed by atoms with Gasteiger partial charge in [0, 0.05) is 30.6 Å². The molecule has 1 aromatic heterocycles. The summed E-state index contributed by atoms with van der Waals surface area (Å²) < 4.78 is 49.5. The van der Waals surface area contributed by atoms with Crippen molar-refractivity contribution in [2.75, 3.05) is 24.6 Å². The van der Waals surface area contributed by atoms with Crippen LogP contribution < -0.4 is 5.32 Å². The van der Waals surface area contributed by atoms with Crippen molar-refractivity contribution in [2.45, 2.75) is 30.3 Å². The molecule has 3 rings (SSSR count). The first-order valence-electron chi connectivity index (χ1n) is 6.89. The number of sulfone groups is 1. The van der Waals surface area contributed by atoms with Crippen molar-refractivity contribution >= 4 is 31.2 Å². The van der Waals surface area contributed by atoms with E-state index >= 15 is 0 Å². The molecule has 6 nitrogen and oxygen atoms in total. The summed E-state index contributed by atoms with van der Waals surface area (Å²) in [4.78, 5) is 1.12. The normalized spacial score (nSPS) is 23.2. The number of sulfonamides is 1. The van der Waals surface area contributed by atoms with E-state index in [0.29, 0.717) is 17.5 Å². The number of hydrogen-bond acceptors (Lipinski definition) is 6. The summed E-state index contributed by atoms with van der Waals surface area (Å²) in [6.07, 6.45) is 2.30. The molecule has 2 heterocycles. The molecule has 1 saturated heterocycles. The summed E-state index contributed by atoms with van der Waals surface area (Å²) in [7, 11) is -6.67. The van der Waals surface area contributed by atoms with Crippen LogP contribution in [0.4, 0.5) is 0 Å². The minimum Gasteiger partial charge on any atom is -0.309 e. The Morgan fingerprint density at radius 3 is 2.57 bits per heavy atom. The van der Waals surface area contributed by atoms with Gasteiger partial charge < -0.3 is 5.32 Å². The summed E-state index contributed by atoms with van der Waals surface area (Å²) in [5.41, 5.74) is 0. The van der Waals surface area contributed by atoms with E-state index in [0.717, 1.165) is 17.7 Å². The Balaban J connectivity index is 1.76. The molecule has 21 heavy (non-hydrogen) atoms. The smallest absolute Gasteiger partial charge is 0.244 e. The van der Waals surface area contributed by atoms with Gasteiger partial charge in [-0.25, -0.2) is 16.8 Å². The maximum absolute atomic E-state index is 12.7. The van der Waals surface area contributed by atoms with Crippen molar-refractivity contribution in [3.63, 3.8) is 0 Å². The van der Waals surface area contributed by atoms with Gasteiger partial charge in [-0.2, -0.15) is 4.31 Å². The van der Waals surface area contributed by atoms with Crippen LogP contribution in [-0.2, 0) is 26.4 Å². The highest BCUT2D eigenvalue weighted by Gasteiger charge is 2.33. The fraction of sp³-hybridized carbons (Fsp3) is 0.667. The van der Waals surface area contributed by atoms with Crippen LogP contribution in [0.5, 0.6) is 0 Å². The lowest BCUT2D eigenvalue weighted by molar-refractivity contribution is 0.430. The standard InChI is InChI=1S/C12H18N2O4S3/c15-20(16)7-4-14(5-8-20)21(17,18)12-3-6-19-11(12)9-13-10-1-2-10/h3,6,10,13H,1-2,4-5,7-9H2. The van der Waals surface area contributed by atoms with Crippen LogP contribution in [0.3, 0.4) is 0 Å². The number of rotatable bonds is 5. The van der Waals surface area contributed by atoms with Crippen LogP contribution in [-0.4, -0.2) is 51.8 Å². The van der Waals surface area contributed by atoms with E-state index in [4.69, 9.17) is 0 Å².